The first-order chi connectivity index (χ1) is 7.65. The highest BCUT2D eigenvalue weighted by molar-refractivity contribution is 5.40. The quantitative estimate of drug-likeness (QED) is 0.802. The summed E-state index contributed by atoms with van der Waals surface area (Å²) in [4.78, 5) is 4.64. The normalized spacial score (nSPS) is 11.3. The summed E-state index contributed by atoms with van der Waals surface area (Å²) >= 11 is 0. The molecule has 1 aromatic heterocycles. The van der Waals surface area contributed by atoms with E-state index in [-0.39, 0.29) is 0 Å². The average Bonchev–Trinajstić information content (AvgIpc) is 2.55. The first-order valence-corrected chi connectivity index (χ1v) is 6.48. The summed E-state index contributed by atoms with van der Waals surface area (Å²) in [6.07, 6.45) is 4.59. The maximum atomic E-state index is 6.20. The molecule has 0 bridgehead atoms. The van der Waals surface area contributed by atoms with Gasteiger partial charge in [-0.25, -0.2) is 4.98 Å². The summed E-state index contributed by atoms with van der Waals surface area (Å²) in [5, 5.41) is 0. The number of nitrogen functional groups attached to an aromatic ring is 1. The minimum Gasteiger partial charge on any atom is -0.384 e. The highest BCUT2D eigenvalue weighted by Crippen LogP contribution is 2.28. The third-order valence-corrected chi connectivity index (χ3v) is 3.33. The molecule has 0 radical (unpaired) electrons. The molecule has 0 fully saturated rings. The number of imidazole rings is 1. The fourth-order valence-corrected chi connectivity index (χ4v) is 2.18. The maximum Gasteiger partial charge on any atom is 0.127 e. The van der Waals surface area contributed by atoms with E-state index in [9.17, 15) is 0 Å². The van der Waals surface area contributed by atoms with Crippen molar-refractivity contribution in [3.63, 3.8) is 0 Å². The van der Waals surface area contributed by atoms with Crippen molar-refractivity contribution >= 4 is 5.82 Å². The van der Waals surface area contributed by atoms with Crippen LogP contribution in [0.2, 0.25) is 0 Å². The Morgan fingerprint density at radius 3 is 2.38 bits per heavy atom. The molecular formula is C13H25N3. The van der Waals surface area contributed by atoms with Gasteiger partial charge in [-0.3, -0.25) is 0 Å². The van der Waals surface area contributed by atoms with E-state index >= 15 is 0 Å². The molecule has 0 unspecified atom stereocenters. The van der Waals surface area contributed by atoms with Gasteiger partial charge in [0.15, 0.2) is 0 Å². The third-order valence-electron chi connectivity index (χ3n) is 3.33. The van der Waals surface area contributed by atoms with Crippen molar-refractivity contribution in [3.05, 3.63) is 11.5 Å². The van der Waals surface area contributed by atoms with Crippen LogP contribution in [0, 0.1) is 6.92 Å². The maximum absolute atomic E-state index is 6.20. The SMILES string of the molecule is CCCCn1c(C)nc(C(CC)CC)c1N. The van der Waals surface area contributed by atoms with E-state index in [4.69, 9.17) is 5.73 Å². The van der Waals surface area contributed by atoms with E-state index in [2.05, 4.69) is 37.2 Å². The Hall–Kier alpha value is -0.990. The third kappa shape index (κ3) is 2.57. The molecule has 1 heterocycles. The molecule has 1 rings (SSSR count). The van der Waals surface area contributed by atoms with Crippen molar-refractivity contribution in [1.29, 1.82) is 0 Å². The van der Waals surface area contributed by atoms with Gasteiger partial charge in [0, 0.05) is 12.5 Å². The minimum atomic E-state index is 0.515. The second-order valence-corrected chi connectivity index (χ2v) is 4.45. The molecule has 0 aliphatic rings. The van der Waals surface area contributed by atoms with Gasteiger partial charge < -0.3 is 10.3 Å². The molecule has 2 N–H and O–H groups in total. The lowest BCUT2D eigenvalue weighted by Crippen LogP contribution is -2.07. The van der Waals surface area contributed by atoms with Crippen LogP contribution in [0.15, 0.2) is 0 Å². The Morgan fingerprint density at radius 2 is 1.88 bits per heavy atom. The van der Waals surface area contributed by atoms with Crippen LogP contribution in [0.4, 0.5) is 5.82 Å². The predicted octanol–water partition coefficient (Wildman–Crippen LogP) is 3.48. The molecule has 16 heavy (non-hydrogen) atoms. The Balaban J connectivity index is 2.95. The van der Waals surface area contributed by atoms with Crippen LogP contribution in [-0.2, 0) is 6.54 Å². The lowest BCUT2D eigenvalue weighted by Gasteiger charge is -2.11. The molecule has 3 heteroatoms. The number of aromatic nitrogens is 2. The molecule has 0 aliphatic carbocycles. The van der Waals surface area contributed by atoms with Gasteiger partial charge in [-0.1, -0.05) is 27.2 Å². The van der Waals surface area contributed by atoms with Crippen LogP contribution in [0.3, 0.4) is 0 Å². The Morgan fingerprint density at radius 1 is 1.25 bits per heavy atom. The summed E-state index contributed by atoms with van der Waals surface area (Å²) < 4.78 is 2.16. The molecule has 92 valence electrons. The van der Waals surface area contributed by atoms with Crippen LogP contribution < -0.4 is 5.73 Å². The van der Waals surface area contributed by atoms with Gasteiger partial charge in [-0.15, -0.1) is 0 Å². The lowest BCUT2D eigenvalue weighted by molar-refractivity contribution is 0.618. The van der Waals surface area contributed by atoms with Crippen molar-refractivity contribution in [2.75, 3.05) is 5.73 Å². The molecule has 0 saturated carbocycles. The zero-order valence-corrected chi connectivity index (χ0v) is 11.1. The summed E-state index contributed by atoms with van der Waals surface area (Å²) in [6, 6.07) is 0. The molecular weight excluding hydrogens is 198 g/mol. The van der Waals surface area contributed by atoms with E-state index in [1.165, 1.54) is 12.8 Å². The first-order valence-electron chi connectivity index (χ1n) is 6.48. The fraction of sp³-hybridized carbons (Fsp3) is 0.769. The van der Waals surface area contributed by atoms with Gasteiger partial charge in [0.2, 0.25) is 0 Å². The summed E-state index contributed by atoms with van der Waals surface area (Å²) in [5.74, 6) is 2.47. The van der Waals surface area contributed by atoms with Gasteiger partial charge in [-0.2, -0.15) is 0 Å². The second kappa shape index (κ2) is 5.92. The summed E-state index contributed by atoms with van der Waals surface area (Å²) in [6.45, 7) is 9.66. The van der Waals surface area contributed by atoms with Crippen LogP contribution in [0.5, 0.6) is 0 Å². The molecule has 0 saturated heterocycles. The molecule has 0 atom stereocenters. The number of hydrogen-bond acceptors (Lipinski definition) is 2. The molecule has 0 spiro atoms. The molecule has 3 nitrogen and oxygen atoms in total. The van der Waals surface area contributed by atoms with E-state index in [0.717, 1.165) is 36.7 Å². The van der Waals surface area contributed by atoms with Crippen LogP contribution >= 0.6 is 0 Å². The van der Waals surface area contributed by atoms with E-state index in [0.29, 0.717) is 5.92 Å². The van der Waals surface area contributed by atoms with Crippen LogP contribution in [0.25, 0.3) is 0 Å². The molecule has 0 aliphatic heterocycles. The van der Waals surface area contributed by atoms with Crippen molar-refractivity contribution < 1.29 is 0 Å². The zero-order chi connectivity index (χ0) is 12.1. The van der Waals surface area contributed by atoms with E-state index in [1.54, 1.807) is 0 Å². The van der Waals surface area contributed by atoms with Gasteiger partial charge in [-0.05, 0) is 26.2 Å². The van der Waals surface area contributed by atoms with Crippen molar-refractivity contribution in [1.82, 2.24) is 9.55 Å². The Labute approximate surface area is 99.1 Å². The largest absolute Gasteiger partial charge is 0.384 e. The highest BCUT2D eigenvalue weighted by atomic mass is 15.1. The number of nitrogens with two attached hydrogens (primary N) is 1. The van der Waals surface area contributed by atoms with Crippen LogP contribution in [0.1, 0.15) is 63.9 Å². The van der Waals surface area contributed by atoms with Crippen molar-refractivity contribution in [2.24, 2.45) is 0 Å². The second-order valence-electron chi connectivity index (χ2n) is 4.45. The number of anilines is 1. The topological polar surface area (TPSA) is 43.8 Å². The smallest absolute Gasteiger partial charge is 0.127 e. The van der Waals surface area contributed by atoms with Gasteiger partial charge in [0.1, 0.15) is 11.6 Å². The van der Waals surface area contributed by atoms with E-state index < -0.39 is 0 Å². The molecule has 0 aromatic carbocycles. The molecule has 1 aromatic rings. The number of nitrogens with zero attached hydrogens (tertiary/aromatic N) is 2. The standard InChI is InChI=1S/C13H25N3/c1-5-8-9-16-10(4)15-12(13(16)14)11(6-2)7-3/h11H,5-9,14H2,1-4H3. The first kappa shape index (κ1) is 13.1. The zero-order valence-electron chi connectivity index (χ0n) is 11.1. The monoisotopic (exact) mass is 223 g/mol. The van der Waals surface area contributed by atoms with Crippen molar-refractivity contribution in [2.45, 2.75) is 65.8 Å². The summed E-state index contributed by atoms with van der Waals surface area (Å²) in [5.41, 5.74) is 7.31. The lowest BCUT2D eigenvalue weighted by atomic mass is 9.99. The average molecular weight is 223 g/mol. The predicted molar refractivity (Wildman–Crippen MR) is 69.6 cm³/mol. The van der Waals surface area contributed by atoms with Crippen molar-refractivity contribution in [3.8, 4) is 0 Å². The van der Waals surface area contributed by atoms with Gasteiger partial charge >= 0.3 is 0 Å². The highest BCUT2D eigenvalue weighted by Gasteiger charge is 2.17. The van der Waals surface area contributed by atoms with E-state index in [1.807, 2.05) is 0 Å². The Kier molecular flexibility index (Phi) is 4.84. The Bertz CT molecular complexity index is 324. The van der Waals surface area contributed by atoms with Gasteiger partial charge in [0.05, 0.1) is 5.69 Å². The number of aryl methyl sites for hydroxylation is 1. The molecule has 0 amide bonds. The minimum absolute atomic E-state index is 0.515. The fourth-order valence-electron chi connectivity index (χ4n) is 2.18. The summed E-state index contributed by atoms with van der Waals surface area (Å²) in [7, 11) is 0. The number of hydrogen-bond donors (Lipinski definition) is 1. The number of unbranched alkanes of at least 4 members (excludes halogenated alkanes) is 1. The van der Waals surface area contributed by atoms with Crippen LogP contribution in [-0.4, -0.2) is 9.55 Å². The number of rotatable bonds is 6. The van der Waals surface area contributed by atoms with Gasteiger partial charge in [0.25, 0.3) is 0 Å².